The van der Waals surface area contributed by atoms with Crippen molar-refractivity contribution >= 4 is 23.2 Å². The first-order valence-electron chi connectivity index (χ1n) is 8.66. The maximum atomic E-state index is 13.2. The van der Waals surface area contributed by atoms with Crippen LogP contribution in [0.1, 0.15) is 22.2 Å². The fourth-order valence-corrected chi connectivity index (χ4v) is 3.48. The zero-order chi connectivity index (χ0) is 19.1. The third kappa shape index (κ3) is 4.80. The molecule has 6 heteroatoms. The third-order valence-corrected chi connectivity index (χ3v) is 4.75. The highest BCUT2D eigenvalue weighted by atomic mass is 32.1. The highest BCUT2D eigenvalue weighted by molar-refractivity contribution is 7.12. The van der Waals surface area contributed by atoms with E-state index in [4.69, 9.17) is 4.74 Å². The van der Waals surface area contributed by atoms with Crippen molar-refractivity contribution in [2.24, 2.45) is 0 Å². The Kier molecular flexibility index (Phi) is 6.33. The van der Waals surface area contributed by atoms with Crippen LogP contribution in [-0.4, -0.2) is 34.9 Å². The number of hydrogen-bond donors (Lipinski definition) is 0. The highest BCUT2D eigenvalue weighted by Gasteiger charge is 2.24. The molecule has 0 saturated carbocycles. The number of hydrogen-bond acceptors (Lipinski definition) is 5. The van der Waals surface area contributed by atoms with Gasteiger partial charge in [0.25, 0.3) is 5.91 Å². The molecule has 0 unspecified atom stereocenters. The zero-order valence-electron chi connectivity index (χ0n) is 15.0. The predicted octanol–water partition coefficient (Wildman–Crippen LogP) is 4.02. The van der Waals surface area contributed by atoms with Crippen molar-refractivity contribution in [2.75, 3.05) is 13.2 Å². The second kappa shape index (κ2) is 9.09. The number of benzene rings is 2. The van der Waals surface area contributed by atoms with E-state index in [9.17, 15) is 9.59 Å². The van der Waals surface area contributed by atoms with E-state index in [1.165, 1.54) is 16.2 Å². The topological polar surface area (TPSA) is 59.5 Å². The van der Waals surface area contributed by atoms with E-state index >= 15 is 0 Å². The molecule has 0 bridgehead atoms. The maximum absolute atomic E-state index is 13.2. The summed E-state index contributed by atoms with van der Waals surface area (Å²) in [5, 5.41) is 0. The van der Waals surface area contributed by atoms with E-state index in [-0.39, 0.29) is 19.1 Å². The molecule has 0 N–H and O–H groups in total. The van der Waals surface area contributed by atoms with E-state index < -0.39 is 5.97 Å². The van der Waals surface area contributed by atoms with Crippen molar-refractivity contribution < 1.29 is 14.3 Å². The predicted molar refractivity (Wildman–Crippen MR) is 105 cm³/mol. The van der Waals surface area contributed by atoms with E-state index in [0.717, 1.165) is 11.1 Å². The molecule has 3 aromatic rings. The number of nitrogens with zero attached hydrogens (tertiary/aromatic N) is 2. The largest absolute Gasteiger partial charge is 0.465 e. The molecule has 0 aliphatic carbocycles. The van der Waals surface area contributed by atoms with Gasteiger partial charge in [0.15, 0.2) is 0 Å². The van der Waals surface area contributed by atoms with Crippen molar-refractivity contribution in [1.29, 1.82) is 0 Å². The molecule has 0 fully saturated rings. The minimum absolute atomic E-state index is 0.103. The fourth-order valence-electron chi connectivity index (χ4n) is 2.71. The van der Waals surface area contributed by atoms with Gasteiger partial charge in [-0.25, -0.2) is 4.98 Å². The summed E-state index contributed by atoms with van der Waals surface area (Å²) in [7, 11) is 0. The van der Waals surface area contributed by atoms with Crippen molar-refractivity contribution in [3.05, 3.63) is 76.6 Å². The van der Waals surface area contributed by atoms with E-state index in [1.54, 1.807) is 12.4 Å². The molecule has 1 heterocycles. The molecule has 0 spiro atoms. The lowest BCUT2D eigenvalue weighted by Gasteiger charge is -2.21. The normalized spacial score (nSPS) is 10.4. The van der Waals surface area contributed by atoms with Crippen LogP contribution >= 0.6 is 11.3 Å². The lowest BCUT2D eigenvalue weighted by atomic mass is 10.1. The summed E-state index contributed by atoms with van der Waals surface area (Å²) in [5.74, 6) is -0.652. The smallest absolute Gasteiger partial charge is 0.325 e. The number of amides is 1. The van der Waals surface area contributed by atoms with Crippen LogP contribution in [0.3, 0.4) is 0 Å². The van der Waals surface area contributed by atoms with Crippen LogP contribution in [0, 0.1) is 0 Å². The maximum Gasteiger partial charge on any atom is 0.325 e. The van der Waals surface area contributed by atoms with Crippen molar-refractivity contribution in [1.82, 2.24) is 9.88 Å². The molecular formula is C21H20N2O3S. The van der Waals surface area contributed by atoms with Gasteiger partial charge in [0.05, 0.1) is 17.8 Å². The quantitative estimate of drug-likeness (QED) is 0.581. The molecule has 0 radical (unpaired) electrons. The number of carbonyl (C=O) groups excluding carboxylic acids is 2. The van der Waals surface area contributed by atoms with Crippen LogP contribution in [-0.2, 0) is 16.1 Å². The highest BCUT2D eigenvalue weighted by Crippen LogP contribution is 2.27. The Hall–Kier alpha value is -2.99. The monoisotopic (exact) mass is 380 g/mol. The lowest BCUT2D eigenvalue weighted by molar-refractivity contribution is -0.143. The van der Waals surface area contributed by atoms with Gasteiger partial charge in [0, 0.05) is 12.1 Å². The zero-order valence-corrected chi connectivity index (χ0v) is 15.8. The van der Waals surface area contributed by atoms with Crippen LogP contribution < -0.4 is 0 Å². The Morgan fingerprint density at radius 3 is 2.37 bits per heavy atom. The van der Waals surface area contributed by atoms with Crippen molar-refractivity contribution in [2.45, 2.75) is 13.5 Å². The second-order valence-electron chi connectivity index (χ2n) is 5.85. The Balaban J connectivity index is 1.89. The van der Waals surface area contributed by atoms with E-state index in [2.05, 4.69) is 4.98 Å². The Bertz CT molecular complexity index is 894. The van der Waals surface area contributed by atoms with Crippen LogP contribution in [0.4, 0.5) is 0 Å². The summed E-state index contributed by atoms with van der Waals surface area (Å²) in [6.07, 6.45) is 0. The number of carbonyl (C=O) groups is 2. The Labute approximate surface area is 162 Å². The first kappa shape index (κ1) is 18.8. The van der Waals surface area contributed by atoms with Gasteiger partial charge in [0.2, 0.25) is 0 Å². The van der Waals surface area contributed by atoms with Crippen LogP contribution in [0.25, 0.3) is 11.3 Å². The second-order valence-corrected chi connectivity index (χ2v) is 6.70. The molecule has 0 aliphatic heterocycles. The molecule has 138 valence electrons. The average Bonchev–Trinajstić information content (AvgIpc) is 3.18. The first-order chi connectivity index (χ1) is 13.2. The van der Waals surface area contributed by atoms with Gasteiger partial charge in [-0.15, -0.1) is 11.3 Å². The molecular weight excluding hydrogens is 360 g/mol. The Morgan fingerprint density at radius 2 is 1.70 bits per heavy atom. The standard InChI is InChI=1S/C21H20N2O3S/c1-2-26-18(24)14-23(13-16-9-5-3-6-10-16)21(25)20-19(22-15-27-20)17-11-7-4-8-12-17/h3-12,15H,2,13-14H2,1H3. The van der Waals surface area contributed by atoms with Gasteiger partial charge >= 0.3 is 5.97 Å². The summed E-state index contributed by atoms with van der Waals surface area (Å²) < 4.78 is 5.05. The molecule has 3 rings (SSSR count). The van der Waals surface area contributed by atoms with Gasteiger partial charge in [-0.05, 0) is 12.5 Å². The number of ether oxygens (including phenoxy) is 1. The summed E-state index contributed by atoms with van der Waals surface area (Å²) in [6.45, 7) is 2.25. The lowest BCUT2D eigenvalue weighted by Crippen LogP contribution is -2.36. The number of rotatable bonds is 7. The minimum atomic E-state index is -0.424. The van der Waals surface area contributed by atoms with Crippen LogP contribution in [0.5, 0.6) is 0 Å². The van der Waals surface area contributed by atoms with Gasteiger partial charge in [-0.2, -0.15) is 0 Å². The van der Waals surface area contributed by atoms with Crippen molar-refractivity contribution in [3.8, 4) is 11.3 Å². The van der Waals surface area contributed by atoms with E-state index in [0.29, 0.717) is 17.1 Å². The summed E-state index contributed by atoms with van der Waals surface area (Å²) in [5.41, 5.74) is 4.10. The molecule has 1 aromatic heterocycles. The average molecular weight is 380 g/mol. The third-order valence-electron chi connectivity index (χ3n) is 3.94. The summed E-state index contributed by atoms with van der Waals surface area (Å²) in [6, 6.07) is 19.1. The number of aromatic nitrogens is 1. The van der Waals surface area contributed by atoms with Gasteiger partial charge < -0.3 is 9.64 Å². The van der Waals surface area contributed by atoms with E-state index in [1.807, 2.05) is 60.7 Å². The minimum Gasteiger partial charge on any atom is -0.465 e. The number of thiazole rings is 1. The summed E-state index contributed by atoms with van der Waals surface area (Å²) in [4.78, 5) is 31.7. The van der Waals surface area contributed by atoms with Gasteiger partial charge in [-0.3, -0.25) is 9.59 Å². The summed E-state index contributed by atoms with van der Waals surface area (Å²) >= 11 is 1.28. The van der Waals surface area contributed by atoms with Gasteiger partial charge in [0.1, 0.15) is 11.4 Å². The molecule has 0 atom stereocenters. The Morgan fingerprint density at radius 1 is 1.04 bits per heavy atom. The molecule has 1 amide bonds. The van der Waals surface area contributed by atoms with Crippen LogP contribution in [0.2, 0.25) is 0 Å². The molecule has 0 saturated heterocycles. The molecule has 2 aromatic carbocycles. The molecule has 27 heavy (non-hydrogen) atoms. The van der Waals surface area contributed by atoms with Gasteiger partial charge in [-0.1, -0.05) is 60.7 Å². The number of esters is 1. The van der Waals surface area contributed by atoms with Crippen molar-refractivity contribution in [3.63, 3.8) is 0 Å². The molecule has 0 aliphatic rings. The molecule has 5 nitrogen and oxygen atoms in total. The first-order valence-corrected chi connectivity index (χ1v) is 9.54. The van der Waals surface area contributed by atoms with Crippen LogP contribution in [0.15, 0.2) is 66.2 Å². The SMILES string of the molecule is CCOC(=O)CN(Cc1ccccc1)C(=O)c1scnc1-c1ccccc1. The fraction of sp³-hybridized carbons (Fsp3) is 0.190.